The molecule has 1 fully saturated rings. The topological polar surface area (TPSA) is 99.1 Å². The van der Waals surface area contributed by atoms with E-state index in [4.69, 9.17) is 21.7 Å². The fraction of sp³-hybridized carbons (Fsp3) is 0.500. The number of nitrogens with zero attached hydrogens (tertiary/aromatic N) is 2. The van der Waals surface area contributed by atoms with Gasteiger partial charge in [-0.15, -0.1) is 0 Å². The van der Waals surface area contributed by atoms with Crippen LogP contribution in [0.2, 0.25) is 5.02 Å². The van der Waals surface area contributed by atoms with Crippen molar-refractivity contribution in [1.29, 1.82) is 0 Å². The lowest BCUT2D eigenvalue weighted by molar-refractivity contribution is -0.137. The molecule has 2 amide bonds. The maximum Gasteiger partial charge on any atom is 0.305 e. The van der Waals surface area contributed by atoms with E-state index >= 15 is 0 Å². The van der Waals surface area contributed by atoms with Gasteiger partial charge in [-0.3, -0.25) is 19.4 Å². The van der Waals surface area contributed by atoms with Crippen molar-refractivity contribution >= 4 is 35.1 Å². The Labute approximate surface area is 246 Å². The Morgan fingerprint density at radius 2 is 1.78 bits per heavy atom. The van der Waals surface area contributed by atoms with Gasteiger partial charge in [-0.05, 0) is 85.8 Å². The van der Waals surface area contributed by atoms with E-state index < -0.39 is 17.4 Å². The fourth-order valence-electron chi connectivity index (χ4n) is 6.44. The summed E-state index contributed by atoms with van der Waals surface area (Å²) in [5, 5.41) is 11.7. The first-order valence-corrected chi connectivity index (χ1v) is 14.8. The minimum atomic E-state index is -0.980. The molecule has 2 aliphatic rings. The van der Waals surface area contributed by atoms with Crippen LogP contribution in [-0.4, -0.2) is 45.7 Å². The summed E-state index contributed by atoms with van der Waals surface area (Å²) in [6.45, 7) is 8.70. The molecule has 0 bridgehead atoms. The molecular weight excluding hydrogens is 545 g/mol. The number of nitrogens with one attached hydrogen (secondary N) is 1. The van der Waals surface area contributed by atoms with Crippen LogP contribution in [0.25, 0.3) is 0 Å². The van der Waals surface area contributed by atoms with E-state index in [-0.39, 0.29) is 41.6 Å². The molecule has 2 aromatic carbocycles. The molecule has 1 aliphatic carbocycles. The molecule has 0 aromatic heterocycles. The Bertz CT molecular complexity index is 1300. The third-order valence-electron chi connectivity index (χ3n) is 7.99. The summed E-state index contributed by atoms with van der Waals surface area (Å²) in [6.07, 6.45) is 3.87. The Morgan fingerprint density at radius 3 is 2.37 bits per heavy atom. The van der Waals surface area contributed by atoms with E-state index in [9.17, 15) is 18.8 Å². The van der Waals surface area contributed by atoms with E-state index in [0.29, 0.717) is 48.1 Å². The van der Waals surface area contributed by atoms with E-state index in [2.05, 4.69) is 33.0 Å². The van der Waals surface area contributed by atoms with E-state index in [0.717, 1.165) is 18.4 Å². The lowest BCUT2D eigenvalue weighted by atomic mass is 9.75. The van der Waals surface area contributed by atoms with Gasteiger partial charge < -0.3 is 15.3 Å². The number of carbonyl (C=O) groups is 3. The highest BCUT2D eigenvalue weighted by atomic mass is 35.5. The molecule has 2 N–H and O–H groups in total. The second kappa shape index (κ2) is 12.7. The van der Waals surface area contributed by atoms with E-state index in [1.54, 1.807) is 18.2 Å². The molecule has 41 heavy (non-hydrogen) atoms. The maximum absolute atomic E-state index is 14.4. The van der Waals surface area contributed by atoms with Crippen LogP contribution < -0.4 is 5.32 Å². The van der Waals surface area contributed by atoms with Crippen molar-refractivity contribution in [3.63, 3.8) is 0 Å². The number of amides is 2. The van der Waals surface area contributed by atoms with Crippen LogP contribution in [0.5, 0.6) is 0 Å². The third kappa shape index (κ3) is 7.15. The van der Waals surface area contributed by atoms with Crippen LogP contribution in [0.1, 0.15) is 93.7 Å². The average molecular weight is 584 g/mol. The predicted molar refractivity (Wildman–Crippen MR) is 158 cm³/mol. The lowest BCUT2D eigenvalue weighted by Crippen LogP contribution is -2.52. The van der Waals surface area contributed by atoms with Gasteiger partial charge in [-0.1, -0.05) is 51.4 Å². The molecule has 1 heterocycles. The zero-order chi connectivity index (χ0) is 29.9. The van der Waals surface area contributed by atoms with Gasteiger partial charge in [0, 0.05) is 22.7 Å². The molecule has 1 saturated carbocycles. The highest BCUT2D eigenvalue weighted by Crippen LogP contribution is 2.49. The van der Waals surface area contributed by atoms with Crippen molar-refractivity contribution in [3.8, 4) is 0 Å². The van der Waals surface area contributed by atoms with Crippen molar-refractivity contribution < 1.29 is 23.9 Å². The van der Waals surface area contributed by atoms with Crippen LogP contribution >= 0.6 is 11.6 Å². The summed E-state index contributed by atoms with van der Waals surface area (Å²) >= 11 is 6.19. The average Bonchev–Trinajstić information content (AvgIpc) is 3.13. The van der Waals surface area contributed by atoms with Gasteiger partial charge in [0.05, 0.1) is 12.5 Å². The van der Waals surface area contributed by atoms with Gasteiger partial charge in [0.25, 0.3) is 11.8 Å². The Hall–Kier alpha value is -3.26. The molecule has 2 unspecified atom stereocenters. The largest absolute Gasteiger partial charge is 0.481 e. The molecule has 220 valence electrons. The summed E-state index contributed by atoms with van der Waals surface area (Å²) in [5.74, 6) is -1.00. The molecular formula is C32H39ClFN3O4. The number of carboxylic acids is 1. The predicted octanol–water partition coefficient (Wildman–Crippen LogP) is 6.64. The van der Waals surface area contributed by atoms with Gasteiger partial charge in [0.2, 0.25) is 0 Å². The van der Waals surface area contributed by atoms with Crippen LogP contribution in [-0.2, 0) is 9.59 Å². The lowest BCUT2D eigenvalue weighted by Gasteiger charge is -2.47. The molecule has 0 radical (unpaired) electrons. The smallest absolute Gasteiger partial charge is 0.305 e. The monoisotopic (exact) mass is 583 g/mol. The van der Waals surface area contributed by atoms with E-state index in [1.165, 1.54) is 12.1 Å². The molecule has 7 nitrogen and oxygen atoms in total. The minimum absolute atomic E-state index is 0.0400. The zero-order valence-corrected chi connectivity index (χ0v) is 24.9. The number of hydrogen-bond acceptors (Lipinski definition) is 4. The van der Waals surface area contributed by atoms with Crippen molar-refractivity contribution in [3.05, 3.63) is 70.0 Å². The van der Waals surface area contributed by atoms with Crippen molar-refractivity contribution in [2.24, 2.45) is 22.7 Å². The maximum atomic E-state index is 14.4. The highest BCUT2D eigenvalue weighted by Gasteiger charge is 2.53. The summed E-state index contributed by atoms with van der Waals surface area (Å²) in [6, 6.07) is 11.0. The van der Waals surface area contributed by atoms with Crippen LogP contribution in [0.15, 0.2) is 47.5 Å². The quantitative estimate of drug-likeness (QED) is 0.327. The second-order valence-electron chi connectivity index (χ2n) is 12.1. The number of aliphatic imine (C=N–C) groups is 1. The zero-order valence-electron chi connectivity index (χ0n) is 24.1. The number of carbonyl (C=O) groups excluding carboxylic acids is 2. The number of halogens is 2. The van der Waals surface area contributed by atoms with Crippen LogP contribution in [0.3, 0.4) is 0 Å². The molecule has 2 aromatic rings. The number of hydrogen-bond donors (Lipinski definition) is 2. The Kier molecular flexibility index (Phi) is 9.52. The number of benzene rings is 2. The van der Waals surface area contributed by atoms with E-state index in [1.807, 2.05) is 17.0 Å². The number of rotatable bonds is 10. The number of aliphatic carboxylic acids is 1. The molecule has 1 spiro atoms. The van der Waals surface area contributed by atoms with Gasteiger partial charge >= 0.3 is 5.97 Å². The minimum Gasteiger partial charge on any atom is -0.481 e. The molecule has 3 atom stereocenters. The standard InChI is InChI=1S/C32H39ClFN3O4/c1-19(2)5-10-27(22-6-8-23(9-7-22)30(40)35-12-11-28(38)39)37-31(41)29(24-14-25(33)16-26(34)15-24)36-32(37)17-20(3)13-21(4)18-32/h6-9,14-16,19-21,27H,5,10-13,17-18H2,1-4H3,(H,35,40)(H,38,39)/t20?,21?,27-,32?/m1/s1. The van der Waals surface area contributed by atoms with Gasteiger partial charge in [0.1, 0.15) is 17.2 Å². The van der Waals surface area contributed by atoms with Crippen LogP contribution in [0, 0.1) is 23.6 Å². The summed E-state index contributed by atoms with van der Waals surface area (Å²) in [4.78, 5) is 44.8. The molecule has 0 saturated heterocycles. The normalized spacial score (nSPS) is 23.1. The van der Waals surface area contributed by atoms with Gasteiger partial charge in [-0.2, -0.15) is 0 Å². The third-order valence-corrected chi connectivity index (χ3v) is 8.21. The number of carboxylic acid groups (broad SMARTS) is 1. The highest BCUT2D eigenvalue weighted by molar-refractivity contribution is 6.47. The summed E-state index contributed by atoms with van der Waals surface area (Å²) in [5.41, 5.74) is 1.15. The van der Waals surface area contributed by atoms with Crippen molar-refractivity contribution in [2.75, 3.05) is 6.54 Å². The second-order valence-corrected chi connectivity index (χ2v) is 12.6. The first-order valence-electron chi connectivity index (χ1n) is 14.4. The summed E-state index contributed by atoms with van der Waals surface area (Å²) in [7, 11) is 0. The Balaban J connectivity index is 1.74. The van der Waals surface area contributed by atoms with Crippen molar-refractivity contribution in [2.45, 2.75) is 77.9 Å². The summed E-state index contributed by atoms with van der Waals surface area (Å²) < 4.78 is 14.4. The first-order chi connectivity index (χ1) is 19.4. The van der Waals surface area contributed by atoms with Gasteiger partial charge in [0.15, 0.2) is 0 Å². The fourth-order valence-corrected chi connectivity index (χ4v) is 6.66. The van der Waals surface area contributed by atoms with Crippen LogP contribution in [0.4, 0.5) is 4.39 Å². The molecule has 4 rings (SSSR count). The molecule has 1 aliphatic heterocycles. The Morgan fingerprint density at radius 1 is 1.12 bits per heavy atom. The van der Waals surface area contributed by atoms with Crippen molar-refractivity contribution in [1.82, 2.24) is 10.2 Å². The first kappa shape index (κ1) is 30.7. The SMILES string of the molecule is CC(C)CC[C@H](c1ccc(C(=O)NCCC(=O)O)cc1)N1C(=O)C(c2cc(F)cc(Cl)c2)=NC12CC(C)CC(C)C2. The molecule has 9 heteroatoms. The van der Waals surface area contributed by atoms with Gasteiger partial charge in [-0.25, -0.2) is 4.39 Å².